The Labute approximate surface area is 86.0 Å². The quantitative estimate of drug-likeness (QED) is 0.662. The average Bonchev–Trinajstić information content (AvgIpc) is 2.50. The number of nitrogens with one attached hydrogen (secondary N) is 2. The van der Waals surface area contributed by atoms with Gasteiger partial charge in [0.05, 0.1) is 6.04 Å². The van der Waals surface area contributed by atoms with Crippen LogP contribution in [-0.2, 0) is 4.79 Å². The Bertz CT molecular complexity index is 209. The second-order valence-electron chi connectivity index (χ2n) is 4.59. The topological polar surface area (TPSA) is 44.4 Å². The second-order valence-corrected chi connectivity index (χ2v) is 4.59. The van der Waals surface area contributed by atoms with E-state index in [1.165, 1.54) is 0 Å². The summed E-state index contributed by atoms with van der Waals surface area (Å²) in [7, 11) is 3.57. The summed E-state index contributed by atoms with van der Waals surface area (Å²) < 4.78 is 0. The molecule has 0 aromatic carbocycles. The molecule has 2 N–H and O–H groups in total. The lowest BCUT2D eigenvalue weighted by atomic mass is 10.0. The minimum absolute atomic E-state index is 0.0745. The molecule has 0 aromatic rings. The third-order valence-electron chi connectivity index (χ3n) is 2.74. The van der Waals surface area contributed by atoms with Crippen LogP contribution in [0.15, 0.2) is 0 Å². The second kappa shape index (κ2) is 4.28. The van der Waals surface area contributed by atoms with Crippen molar-refractivity contribution >= 4 is 5.91 Å². The van der Waals surface area contributed by atoms with E-state index in [0.29, 0.717) is 0 Å². The number of rotatable bonds is 3. The highest BCUT2D eigenvalue weighted by Gasteiger charge is 2.31. The molecule has 0 bridgehead atoms. The highest BCUT2D eigenvalue weighted by Crippen LogP contribution is 2.14. The van der Waals surface area contributed by atoms with Crippen LogP contribution in [0, 0.1) is 0 Å². The number of hydrogen-bond acceptors (Lipinski definition) is 3. The predicted octanol–water partition coefficient (Wildman–Crippen LogP) is -0.195. The van der Waals surface area contributed by atoms with E-state index in [0.717, 1.165) is 19.5 Å². The van der Waals surface area contributed by atoms with Gasteiger partial charge in [-0.15, -0.1) is 0 Å². The highest BCUT2D eigenvalue weighted by atomic mass is 16.2. The first-order chi connectivity index (χ1) is 6.44. The third kappa shape index (κ3) is 2.69. The van der Waals surface area contributed by atoms with Gasteiger partial charge in [-0.1, -0.05) is 0 Å². The van der Waals surface area contributed by atoms with Gasteiger partial charge in [-0.25, -0.2) is 0 Å². The summed E-state index contributed by atoms with van der Waals surface area (Å²) in [5, 5.41) is 6.68. The Morgan fingerprint density at radius 1 is 1.57 bits per heavy atom. The van der Waals surface area contributed by atoms with Crippen LogP contribution < -0.4 is 10.6 Å². The molecule has 0 aliphatic carbocycles. The fraction of sp³-hybridized carbons (Fsp3) is 0.900. The number of carbonyl (C=O) groups excluding carboxylic acids is 1. The van der Waals surface area contributed by atoms with E-state index in [-0.39, 0.29) is 17.5 Å². The highest BCUT2D eigenvalue weighted by molar-refractivity contribution is 5.81. The van der Waals surface area contributed by atoms with Crippen molar-refractivity contribution < 1.29 is 4.79 Å². The first kappa shape index (κ1) is 11.5. The molecule has 0 radical (unpaired) electrons. The molecule has 2 atom stereocenters. The van der Waals surface area contributed by atoms with Crippen LogP contribution in [-0.4, -0.2) is 49.6 Å². The van der Waals surface area contributed by atoms with Gasteiger partial charge in [0.15, 0.2) is 0 Å². The molecule has 0 aromatic heterocycles. The van der Waals surface area contributed by atoms with Crippen LogP contribution in [0.5, 0.6) is 0 Å². The summed E-state index contributed by atoms with van der Waals surface area (Å²) in [4.78, 5) is 13.2. The summed E-state index contributed by atoms with van der Waals surface area (Å²) >= 11 is 0. The van der Waals surface area contributed by atoms with Crippen LogP contribution in [0.1, 0.15) is 20.3 Å². The van der Waals surface area contributed by atoms with Crippen LogP contribution in [0.4, 0.5) is 0 Å². The lowest BCUT2D eigenvalue weighted by molar-refractivity contribution is -0.130. The molecule has 4 nitrogen and oxygen atoms in total. The maximum Gasteiger partial charge on any atom is 0.238 e. The molecule has 1 rings (SSSR count). The smallest absolute Gasteiger partial charge is 0.238 e. The molecule has 14 heavy (non-hydrogen) atoms. The summed E-state index contributed by atoms with van der Waals surface area (Å²) in [5.41, 5.74) is 0.0745. The standard InChI is InChI=1S/C10H21N3O/c1-8(9(14)13(3)4)12-10(2)5-6-11-7-10/h8,11-12H,5-7H2,1-4H3. The van der Waals surface area contributed by atoms with Gasteiger partial charge in [-0.3, -0.25) is 10.1 Å². The molecule has 4 heteroatoms. The van der Waals surface area contributed by atoms with Gasteiger partial charge in [0.1, 0.15) is 0 Å². The van der Waals surface area contributed by atoms with Crippen molar-refractivity contribution in [2.45, 2.75) is 31.8 Å². The molecule has 0 saturated carbocycles. The minimum atomic E-state index is -0.102. The number of nitrogens with zero attached hydrogens (tertiary/aromatic N) is 1. The molecule has 0 spiro atoms. The van der Waals surface area contributed by atoms with E-state index < -0.39 is 0 Å². The van der Waals surface area contributed by atoms with Crippen molar-refractivity contribution in [1.82, 2.24) is 15.5 Å². The van der Waals surface area contributed by atoms with Crippen molar-refractivity contribution in [2.75, 3.05) is 27.2 Å². The normalized spacial score (nSPS) is 28.9. The molecule has 1 aliphatic rings. The summed E-state index contributed by atoms with van der Waals surface area (Å²) in [6, 6.07) is -0.102. The van der Waals surface area contributed by atoms with Crippen molar-refractivity contribution in [3.05, 3.63) is 0 Å². The van der Waals surface area contributed by atoms with E-state index >= 15 is 0 Å². The zero-order valence-corrected chi connectivity index (χ0v) is 9.55. The van der Waals surface area contributed by atoms with Gasteiger partial charge in [0.25, 0.3) is 0 Å². The van der Waals surface area contributed by atoms with E-state index in [4.69, 9.17) is 0 Å². The monoisotopic (exact) mass is 199 g/mol. The SMILES string of the molecule is CC(NC1(C)CCNC1)C(=O)N(C)C. The Hall–Kier alpha value is -0.610. The fourth-order valence-corrected chi connectivity index (χ4v) is 1.91. The van der Waals surface area contributed by atoms with Crippen molar-refractivity contribution in [2.24, 2.45) is 0 Å². The summed E-state index contributed by atoms with van der Waals surface area (Å²) in [5.74, 6) is 0.137. The third-order valence-corrected chi connectivity index (χ3v) is 2.74. The minimum Gasteiger partial charge on any atom is -0.347 e. The largest absolute Gasteiger partial charge is 0.347 e. The maximum absolute atomic E-state index is 11.6. The van der Waals surface area contributed by atoms with Gasteiger partial charge in [-0.05, 0) is 26.8 Å². The van der Waals surface area contributed by atoms with Crippen LogP contribution in [0.25, 0.3) is 0 Å². The Morgan fingerprint density at radius 3 is 2.64 bits per heavy atom. The summed E-state index contributed by atoms with van der Waals surface area (Å²) in [6.07, 6.45) is 1.08. The van der Waals surface area contributed by atoms with Crippen LogP contribution in [0.2, 0.25) is 0 Å². The lowest BCUT2D eigenvalue weighted by Gasteiger charge is -2.29. The Kier molecular flexibility index (Phi) is 3.50. The van der Waals surface area contributed by atoms with E-state index in [1.54, 1.807) is 19.0 Å². The lowest BCUT2D eigenvalue weighted by Crippen LogP contribution is -2.53. The Balaban J connectivity index is 2.47. The van der Waals surface area contributed by atoms with Crippen molar-refractivity contribution in [3.63, 3.8) is 0 Å². The molecular weight excluding hydrogens is 178 g/mol. The van der Waals surface area contributed by atoms with E-state index in [2.05, 4.69) is 17.6 Å². The zero-order valence-electron chi connectivity index (χ0n) is 9.55. The molecule has 1 aliphatic heterocycles. The molecule has 1 saturated heterocycles. The van der Waals surface area contributed by atoms with Crippen LogP contribution in [0.3, 0.4) is 0 Å². The summed E-state index contributed by atoms with van der Waals surface area (Å²) in [6.45, 7) is 6.06. The van der Waals surface area contributed by atoms with Gasteiger partial charge < -0.3 is 10.2 Å². The van der Waals surface area contributed by atoms with Crippen molar-refractivity contribution in [1.29, 1.82) is 0 Å². The predicted molar refractivity (Wildman–Crippen MR) is 57.2 cm³/mol. The average molecular weight is 199 g/mol. The number of hydrogen-bond donors (Lipinski definition) is 2. The van der Waals surface area contributed by atoms with E-state index in [1.807, 2.05) is 6.92 Å². The fourth-order valence-electron chi connectivity index (χ4n) is 1.91. The first-order valence-electron chi connectivity index (χ1n) is 5.14. The number of likely N-dealkylation sites (N-methyl/N-ethyl adjacent to an activating group) is 1. The maximum atomic E-state index is 11.6. The Morgan fingerprint density at radius 2 is 2.21 bits per heavy atom. The van der Waals surface area contributed by atoms with Gasteiger partial charge in [0, 0.05) is 26.2 Å². The molecular formula is C10H21N3O. The van der Waals surface area contributed by atoms with E-state index in [9.17, 15) is 4.79 Å². The molecule has 2 unspecified atom stereocenters. The zero-order chi connectivity index (χ0) is 10.8. The van der Waals surface area contributed by atoms with Crippen LogP contribution >= 0.6 is 0 Å². The first-order valence-corrected chi connectivity index (χ1v) is 5.14. The number of carbonyl (C=O) groups is 1. The molecule has 1 fully saturated rings. The van der Waals surface area contributed by atoms with Gasteiger partial charge >= 0.3 is 0 Å². The molecule has 1 amide bonds. The number of amides is 1. The van der Waals surface area contributed by atoms with Crippen molar-refractivity contribution in [3.8, 4) is 0 Å². The molecule has 1 heterocycles. The van der Waals surface area contributed by atoms with Gasteiger partial charge in [0.2, 0.25) is 5.91 Å². The molecule has 82 valence electrons. The van der Waals surface area contributed by atoms with Gasteiger partial charge in [-0.2, -0.15) is 0 Å².